The average molecular weight is 243 g/mol. The van der Waals surface area contributed by atoms with Gasteiger partial charge in [0.1, 0.15) is 0 Å². The van der Waals surface area contributed by atoms with Gasteiger partial charge in [-0.2, -0.15) is 0 Å². The van der Waals surface area contributed by atoms with Crippen molar-refractivity contribution in [1.82, 2.24) is 0 Å². The first-order valence-electron chi connectivity index (χ1n) is 3.38. The average Bonchev–Trinajstić information content (AvgIpc) is 2.08. The first-order chi connectivity index (χ1) is 5.16. The van der Waals surface area contributed by atoms with Crippen LogP contribution in [0.15, 0.2) is 0 Å². The highest BCUT2D eigenvalue weighted by molar-refractivity contribution is 9.09. The van der Waals surface area contributed by atoms with Crippen molar-refractivity contribution in [3.8, 4) is 0 Å². The SMILES string of the molecule is CO[Si](OC)(OC)C(C)CBr. The summed E-state index contributed by atoms with van der Waals surface area (Å²) >= 11 is 3.37. The van der Waals surface area contributed by atoms with Gasteiger partial charge < -0.3 is 13.3 Å². The maximum Gasteiger partial charge on any atom is 0.503 e. The van der Waals surface area contributed by atoms with Gasteiger partial charge in [0.25, 0.3) is 0 Å². The second-order valence-corrected chi connectivity index (χ2v) is 6.34. The highest BCUT2D eigenvalue weighted by Gasteiger charge is 2.43. The van der Waals surface area contributed by atoms with E-state index in [0.29, 0.717) is 0 Å². The Bertz CT molecular complexity index is 99.7. The third-order valence-electron chi connectivity index (χ3n) is 1.69. The highest BCUT2D eigenvalue weighted by atomic mass is 79.9. The summed E-state index contributed by atoms with van der Waals surface area (Å²) in [7, 11) is 2.50. The molecule has 0 spiro atoms. The zero-order valence-corrected chi connectivity index (χ0v) is 9.97. The van der Waals surface area contributed by atoms with Crippen LogP contribution in [0.25, 0.3) is 0 Å². The Morgan fingerprint density at radius 1 is 1.18 bits per heavy atom. The van der Waals surface area contributed by atoms with Gasteiger partial charge in [-0.3, -0.25) is 0 Å². The minimum absolute atomic E-state index is 0.280. The van der Waals surface area contributed by atoms with Crippen LogP contribution in [0.1, 0.15) is 6.92 Å². The summed E-state index contributed by atoms with van der Waals surface area (Å²) in [6.07, 6.45) is 0. The van der Waals surface area contributed by atoms with Crippen LogP contribution in [0.3, 0.4) is 0 Å². The second kappa shape index (κ2) is 5.26. The molecular weight excluding hydrogens is 228 g/mol. The van der Waals surface area contributed by atoms with Crippen LogP contribution >= 0.6 is 15.9 Å². The molecule has 3 nitrogen and oxygen atoms in total. The lowest BCUT2D eigenvalue weighted by molar-refractivity contribution is 0.116. The molecule has 0 rings (SSSR count). The zero-order chi connectivity index (χ0) is 8.91. The fourth-order valence-electron chi connectivity index (χ4n) is 0.948. The molecule has 1 atom stereocenters. The third-order valence-corrected chi connectivity index (χ3v) is 6.38. The zero-order valence-electron chi connectivity index (χ0n) is 7.39. The van der Waals surface area contributed by atoms with E-state index < -0.39 is 8.80 Å². The molecule has 0 aliphatic carbocycles. The lowest BCUT2D eigenvalue weighted by Crippen LogP contribution is -2.47. The van der Waals surface area contributed by atoms with Crippen LogP contribution in [0.2, 0.25) is 5.54 Å². The lowest BCUT2D eigenvalue weighted by Gasteiger charge is -2.28. The lowest BCUT2D eigenvalue weighted by atomic mass is 10.6. The Balaban J connectivity index is 4.26. The van der Waals surface area contributed by atoms with E-state index in [1.54, 1.807) is 21.3 Å². The molecule has 0 aromatic carbocycles. The van der Waals surface area contributed by atoms with Crippen molar-refractivity contribution in [3.63, 3.8) is 0 Å². The van der Waals surface area contributed by atoms with E-state index in [4.69, 9.17) is 13.3 Å². The van der Waals surface area contributed by atoms with Crippen molar-refractivity contribution in [1.29, 1.82) is 0 Å². The molecule has 0 amide bonds. The molecule has 0 fully saturated rings. The maximum absolute atomic E-state index is 5.25. The quantitative estimate of drug-likeness (QED) is 0.542. The number of alkyl halides is 1. The summed E-state index contributed by atoms with van der Waals surface area (Å²) in [5.41, 5.74) is 0.280. The van der Waals surface area contributed by atoms with Crippen LogP contribution in [0.4, 0.5) is 0 Å². The molecule has 0 aromatic heterocycles. The van der Waals surface area contributed by atoms with Crippen LogP contribution in [0.5, 0.6) is 0 Å². The minimum atomic E-state index is -2.37. The number of halogens is 1. The summed E-state index contributed by atoms with van der Waals surface area (Å²) in [6.45, 7) is 2.04. The molecule has 0 heterocycles. The van der Waals surface area contributed by atoms with E-state index in [1.165, 1.54) is 0 Å². The van der Waals surface area contributed by atoms with Gasteiger partial charge in [-0.25, -0.2) is 0 Å². The van der Waals surface area contributed by atoms with Gasteiger partial charge in [0.15, 0.2) is 0 Å². The van der Waals surface area contributed by atoms with Crippen molar-refractivity contribution >= 4 is 24.7 Å². The normalized spacial score (nSPS) is 15.0. The predicted octanol–water partition coefficient (Wildman–Crippen LogP) is 1.65. The fourth-order valence-corrected chi connectivity index (χ4v) is 4.03. The van der Waals surface area contributed by atoms with Crippen LogP contribution < -0.4 is 0 Å². The topological polar surface area (TPSA) is 27.7 Å². The molecule has 0 bridgehead atoms. The van der Waals surface area contributed by atoms with Crippen molar-refractivity contribution in [2.75, 3.05) is 26.7 Å². The van der Waals surface area contributed by atoms with Crippen LogP contribution in [0, 0.1) is 0 Å². The highest BCUT2D eigenvalue weighted by Crippen LogP contribution is 2.24. The van der Waals surface area contributed by atoms with Crippen LogP contribution in [-0.2, 0) is 13.3 Å². The fraction of sp³-hybridized carbons (Fsp3) is 1.00. The van der Waals surface area contributed by atoms with Crippen molar-refractivity contribution in [2.24, 2.45) is 0 Å². The molecule has 0 aliphatic rings. The van der Waals surface area contributed by atoms with E-state index in [1.807, 2.05) is 6.92 Å². The monoisotopic (exact) mass is 242 g/mol. The smallest absolute Gasteiger partial charge is 0.377 e. The van der Waals surface area contributed by atoms with Crippen molar-refractivity contribution < 1.29 is 13.3 Å². The molecule has 0 aliphatic heterocycles. The number of hydrogen-bond acceptors (Lipinski definition) is 3. The molecular formula is C6H15BrO3Si. The van der Waals surface area contributed by atoms with E-state index in [0.717, 1.165) is 5.33 Å². The molecule has 68 valence electrons. The summed E-state index contributed by atoms with van der Waals surface area (Å²) in [6, 6.07) is 0. The van der Waals surface area contributed by atoms with Crippen LogP contribution in [-0.4, -0.2) is 35.5 Å². The van der Waals surface area contributed by atoms with Gasteiger partial charge in [-0.05, 0) is 0 Å². The third kappa shape index (κ3) is 2.52. The minimum Gasteiger partial charge on any atom is -0.377 e. The van der Waals surface area contributed by atoms with E-state index >= 15 is 0 Å². The van der Waals surface area contributed by atoms with E-state index in [-0.39, 0.29) is 5.54 Å². The first-order valence-corrected chi connectivity index (χ1v) is 6.30. The van der Waals surface area contributed by atoms with Gasteiger partial charge in [0.05, 0.1) is 0 Å². The standard InChI is InChI=1S/C6H15BrO3Si/c1-6(5-7)11(8-2,9-3)10-4/h6H,5H2,1-4H3. The molecule has 1 unspecified atom stereocenters. The molecule has 11 heavy (non-hydrogen) atoms. The van der Waals surface area contributed by atoms with Crippen molar-refractivity contribution in [3.05, 3.63) is 0 Å². The Morgan fingerprint density at radius 2 is 1.55 bits per heavy atom. The Morgan fingerprint density at radius 3 is 1.64 bits per heavy atom. The van der Waals surface area contributed by atoms with Gasteiger partial charge in [-0.1, -0.05) is 22.9 Å². The Hall–Kier alpha value is 0.577. The van der Waals surface area contributed by atoms with E-state index in [9.17, 15) is 0 Å². The predicted molar refractivity (Wildman–Crippen MR) is 50.0 cm³/mol. The van der Waals surface area contributed by atoms with Gasteiger partial charge in [0, 0.05) is 32.2 Å². The van der Waals surface area contributed by atoms with Crippen molar-refractivity contribution in [2.45, 2.75) is 12.5 Å². The summed E-state index contributed by atoms with van der Waals surface area (Å²) in [5, 5.41) is 0.828. The largest absolute Gasteiger partial charge is 0.503 e. The molecule has 0 saturated heterocycles. The Kier molecular flexibility index (Phi) is 5.54. The van der Waals surface area contributed by atoms with Gasteiger partial charge >= 0.3 is 8.80 Å². The summed E-state index contributed by atoms with van der Waals surface area (Å²) < 4.78 is 15.8. The van der Waals surface area contributed by atoms with Gasteiger partial charge in [0.2, 0.25) is 0 Å². The molecule has 0 saturated carbocycles. The molecule has 5 heteroatoms. The molecule has 0 N–H and O–H groups in total. The number of rotatable bonds is 5. The van der Waals surface area contributed by atoms with Gasteiger partial charge in [-0.15, -0.1) is 0 Å². The summed E-state index contributed by atoms with van der Waals surface area (Å²) in [5.74, 6) is 0. The number of hydrogen-bond donors (Lipinski definition) is 0. The summed E-state index contributed by atoms with van der Waals surface area (Å²) in [4.78, 5) is 0. The molecule has 0 radical (unpaired) electrons. The Labute approximate surface area is 77.5 Å². The second-order valence-electron chi connectivity index (χ2n) is 2.27. The maximum atomic E-state index is 5.25. The first kappa shape index (κ1) is 11.6. The molecule has 0 aromatic rings. The van der Waals surface area contributed by atoms with E-state index in [2.05, 4.69) is 15.9 Å².